The number of ether oxygens (including phenoxy) is 1. The Balaban J connectivity index is 1.36. The van der Waals surface area contributed by atoms with E-state index in [1.54, 1.807) is 36.5 Å². The first kappa shape index (κ1) is 24.9. The fourth-order valence-electron chi connectivity index (χ4n) is 5.81. The van der Waals surface area contributed by atoms with Crippen LogP contribution in [0.5, 0.6) is 0 Å². The van der Waals surface area contributed by atoms with Crippen molar-refractivity contribution in [3.05, 3.63) is 75.4 Å². The average molecular weight is 531 g/mol. The Morgan fingerprint density at radius 2 is 2.05 bits per heavy atom. The van der Waals surface area contributed by atoms with E-state index in [1.807, 2.05) is 6.07 Å². The number of carbonyl (C=O) groups excluding carboxylic acids is 2. The molecule has 0 saturated heterocycles. The number of pyridine rings is 2. The van der Waals surface area contributed by atoms with Crippen LogP contribution >= 0.6 is 0 Å². The smallest absolute Gasteiger partial charge is 0.292 e. The first-order valence-electron chi connectivity index (χ1n) is 12.9. The molecule has 39 heavy (non-hydrogen) atoms. The number of hydrogen-bond acceptors (Lipinski definition) is 7. The van der Waals surface area contributed by atoms with Gasteiger partial charge in [0.05, 0.1) is 6.61 Å². The van der Waals surface area contributed by atoms with Crippen molar-refractivity contribution in [2.24, 2.45) is 12.5 Å². The molecule has 3 N–H and O–H groups in total. The molecule has 3 aromatic heterocycles. The van der Waals surface area contributed by atoms with Crippen LogP contribution in [0, 0.1) is 5.41 Å². The van der Waals surface area contributed by atoms with Gasteiger partial charge in [0.25, 0.3) is 17.4 Å². The number of nitrogens with one attached hydrogen (secondary N) is 2. The van der Waals surface area contributed by atoms with Gasteiger partial charge in [0.1, 0.15) is 17.2 Å². The molecule has 0 saturated carbocycles. The number of fused-ring (bicyclic) bond motifs is 3. The highest BCUT2D eigenvalue weighted by atomic mass is 16.5. The molecule has 0 atom stereocenters. The molecule has 0 aromatic carbocycles. The van der Waals surface area contributed by atoms with E-state index in [9.17, 15) is 19.5 Å². The Labute approximate surface area is 224 Å². The van der Waals surface area contributed by atoms with E-state index in [0.717, 1.165) is 12.8 Å². The van der Waals surface area contributed by atoms with E-state index < -0.39 is 11.5 Å². The SMILES string of the molecule is Cn1cc(-c2ccnc(N3CCn4c(cc5c4CC(C)(C)C5)C3=O)c2CO)cc(NC(=O)C2=CNCO2)c1=O. The highest BCUT2D eigenvalue weighted by Crippen LogP contribution is 2.40. The molecule has 3 aliphatic rings. The average Bonchev–Trinajstić information content (AvgIpc) is 3.62. The van der Waals surface area contributed by atoms with Crippen molar-refractivity contribution in [3.63, 3.8) is 0 Å². The van der Waals surface area contributed by atoms with Gasteiger partial charge in [0.15, 0.2) is 6.73 Å². The molecular weight excluding hydrogens is 500 g/mol. The van der Waals surface area contributed by atoms with Crippen LogP contribution in [0.3, 0.4) is 0 Å². The third-order valence-electron chi connectivity index (χ3n) is 7.58. The summed E-state index contributed by atoms with van der Waals surface area (Å²) < 4.78 is 8.69. The number of amides is 2. The molecule has 0 fully saturated rings. The summed E-state index contributed by atoms with van der Waals surface area (Å²) in [4.78, 5) is 45.1. The number of hydrogen-bond donors (Lipinski definition) is 3. The molecule has 6 rings (SSSR count). The van der Waals surface area contributed by atoms with E-state index in [-0.39, 0.29) is 36.1 Å². The van der Waals surface area contributed by atoms with Crippen molar-refractivity contribution in [1.82, 2.24) is 19.4 Å². The second-order valence-electron chi connectivity index (χ2n) is 11.0. The number of aromatic nitrogens is 3. The van der Waals surface area contributed by atoms with Crippen LogP contribution in [0.25, 0.3) is 11.1 Å². The van der Waals surface area contributed by atoms with Crippen molar-refractivity contribution < 1.29 is 19.4 Å². The van der Waals surface area contributed by atoms with Crippen LogP contribution in [0.1, 0.15) is 41.2 Å². The normalized spacial score (nSPS) is 17.3. The predicted octanol–water partition coefficient (Wildman–Crippen LogP) is 1.88. The topological polar surface area (TPSA) is 131 Å². The third-order valence-corrected chi connectivity index (χ3v) is 7.58. The standard InChI is InChI=1S/C28H30N6O5/c1-28(2)10-16-9-21-27(38)34(7-6-33(21)22(16)11-28)24-19(14-35)18(4-5-30-24)17-8-20(26(37)32(3)13-17)31-25(36)23-12-29-15-39-23/h4-5,8-9,12-13,29,35H,6-7,10-11,14-15H2,1-3H3,(H,31,36). The maximum absolute atomic E-state index is 13.7. The molecular formula is C28H30N6O5. The minimum atomic E-state index is -0.552. The van der Waals surface area contributed by atoms with Gasteiger partial charge in [-0.15, -0.1) is 0 Å². The number of aryl methyl sites for hydroxylation is 1. The summed E-state index contributed by atoms with van der Waals surface area (Å²) in [6.45, 7) is 5.37. The van der Waals surface area contributed by atoms with Gasteiger partial charge in [-0.05, 0) is 47.6 Å². The summed E-state index contributed by atoms with van der Waals surface area (Å²) in [7, 11) is 1.58. The maximum atomic E-state index is 13.7. The van der Waals surface area contributed by atoms with Crippen LogP contribution < -0.4 is 21.1 Å². The molecule has 202 valence electrons. The number of aliphatic hydroxyl groups excluding tert-OH is 1. The molecule has 0 bridgehead atoms. The zero-order valence-electron chi connectivity index (χ0n) is 22.1. The van der Waals surface area contributed by atoms with Gasteiger partial charge in [0.2, 0.25) is 5.76 Å². The number of anilines is 2. The number of rotatable bonds is 5. The molecule has 0 spiro atoms. The number of carbonyl (C=O) groups is 2. The lowest BCUT2D eigenvalue weighted by Gasteiger charge is -2.31. The molecule has 0 unspecified atom stereocenters. The van der Waals surface area contributed by atoms with Gasteiger partial charge in [-0.3, -0.25) is 19.3 Å². The molecule has 3 aromatic rings. The lowest BCUT2D eigenvalue weighted by molar-refractivity contribution is -0.115. The number of aliphatic hydroxyl groups is 1. The van der Waals surface area contributed by atoms with Crippen LogP contribution in [0.15, 0.2) is 47.3 Å². The zero-order chi connectivity index (χ0) is 27.5. The lowest BCUT2D eigenvalue weighted by atomic mass is 9.90. The third kappa shape index (κ3) is 4.19. The van der Waals surface area contributed by atoms with Crippen molar-refractivity contribution in [2.45, 2.75) is 39.8 Å². The van der Waals surface area contributed by atoms with Gasteiger partial charge in [-0.1, -0.05) is 13.8 Å². The van der Waals surface area contributed by atoms with Crippen LogP contribution in [0.4, 0.5) is 11.5 Å². The summed E-state index contributed by atoms with van der Waals surface area (Å²) in [6.07, 6.45) is 6.52. The zero-order valence-corrected chi connectivity index (χ0v) is 22.1. The van der Waals surface area contributed by atoms with Gasteiger partial charge < -0.3 is 29.6 Å². The highest BCUT2D eigenvalue weighted by molar-refractivity contribution is 6.06. The van der Waals surface area contributed by atoms with E-state index in [0.29, 0.717) is 41.3 Å². The summed E-state index contributed by atoms with van der Waals surface area (Å²) in [6, 6.07) is 5.28. The fraction of sp³-hybridized carbons (Fsp3) is 0.357. The summed E-state index contributed by atoms with van der Waals surface area (Å²) >= 11 is 0. The maximum Gasteiger partial charge on any atom is 0.292 e. The molecule has 0 radical (unpaired) electrons. The van der Waals surface area contributed by atoms with Crippen LogP contribution in [-0.4, -0.2) is 44.3 Å². The van der Waals surface area contributed by atoms with Crippen molar-refractivity contribution in [1.29, 1.82) is 0 Å². The molecule has 11 heteroatoms. The van der Waals surface area contributed by atoms with Gasteiger partial charge >= 0.3 is 0 Å². The van der Waals surface area contributed by atoms with E-state index >= 15 is 0 Å². The molecule has 2 amide bonds. The number of nitrogens with zero attached hydrogens (tertiary/aromatic N) is 4. The lowest BCUT2D eigenvalue weighted by Crippen LogP contribution is -2.41. The Hall–Kier alpha value is -4.38. The van der Waals surface area contributed by atoms with Crippen molar-refractivity contribution in [2.75, 3.05) is 23.5 Å². The summed E-state index contributed by atoms with van der Waals surface area (Å²) in [5.74, 6) is -0.250. The molecule has 1 aliphatic carbocycles. The summed E-state index contributed by atoms with van der Waals surface area (Å²) in [5.41, 5.74) is 4.59. The largest absolute Gasteiger partial charge is 0.466 e. The molecule has 11 nitrogen and oxygen atoms in total. The quantitative estimate of drug-likeness (QED) is 0.459. The predicted molar refractivity (Wildman–Crippen MR) is 144 cm³/mol. The summed E-state index contributed by atoms with van der Waals surface area (Å²) in [5, 5.41) is 15.8. The highest BCUT2D eigenvalue weighted by Gasteiger charge is 2.37. The van der Waals surface area contributed by atoms with Crippen molar-refractivity contribution >= 4 is 23.3 Å². The Morgan fingerprint density at radius 1 is 1.23 bits per heavy atom. The molecule has 2 aliphatic heterocycles. The molecule has 5 heterocycles. The Morgan fingerprint density at radius 3 is 2.79 bits per heavy atom. The van der Waals surface area contributed by atoms with Gasteiger partial charge in [0, 0.05) is 55.6 Å². The monoisotopic (exact) mass is 530 g/mol. The Bertz CT molecular complexity index is 1620. The van der Waals surface area contributed by atoms with Crippen LogP contribution in [-0.2, 0) is 42.6 Å². The van der Waals surface area contributed by atoms with Crippen LogP contribution in [0.2, 0.25) is 0 Å². The van der Waals surface area contributed by atoms with E-state index in [1.165, 1.54) is 22.0 Å². The first-order chi connectivity index (χ1) is 18.7. The van der Waals surface area contributed by atoms with Gasteiger partial charge in [-0.2, -0.15) is 0 Å². The second kappa shape index (κ2) is 9.12. The second-order valence-corrected chi connectivity index (χ2v) is 11.0. The first-order valence-corrected chi connectivity index (χ1v) is 12.9. The minimum Gasteiger partial charge on any atom is -0.466 e. The Kier molecular flexibility index (Phi) is 5.83. The van der Waals surface area contributed by atoms with E-state index in [4.69, 9.17) is 4.74 Å². The van der Waals surface area contributed by atoms with Gasteiger partial charge in [-0.25, -0.2) is 4.98 Å². The van der Waals surface area contributed by atoms with E-state index in [2.05, 4.69) is 34.0 Å². The van der Waals surface area contributed by atoms with Crippen molar-refractivity contribution in [3.8, 4) is 11.1 Å². The fourth-order valence-corrected chi connectivity index (χ4v) is 5.81. The minimum absolute atomic E-state index is 0.0583.